The minimum absolute atomic E-state index is 0.572. The normalized spacial score (nSPS) is 10.8. The first-order valence-electron chi connectivity index (χ1n) is 5.50. The van der Waals surface area contributed by atoms with E-state index in [0.717, 1.165) is 22.1 Å². The summed E-state index contributed by atoms with van der Waals surface area (Å²) in [5.41, 5.74) is 2.08. The number of hydrogen-bond donors (Lipinski definition) is 1. The molecule has 2 rings (SSSR count). The van der Waals surface area contributed by atoms with Crippen LogP contribution in [0.4, 0.5) is 0 Å². The predicted molar refractivity (Wildman–Crippen MR) is 69.6 cm³/mol. The van der Waals surface area contributed by atoms with Crippen molar-refractivity contribution in [3.8, 4) is 11.5 Å². The maximum atomic E-state index is 5.59. The summed E-state index contributed by atoms with van der Waals surface area (Å²) in [4.78, 5) is 0. The summed E-state index contributed by atoms with van der Waals surface area (Å²) >= 11 is 3.43. The highest BCUT2D eigenvalue weighted by Gasteiger charge is 2.10. The molecule has 5 heteroatoms. The standard InChI is InChI=1S/C12H14BrN3O/c1-3-14-7-11-15-16-12(17-11)10-5-4-9(13)6-8(10)2/h4-6,14H,3,7H2,1-2H3. The van der Waals surface area contributed by atoms with Crippen LogP contribution in [0.15, 0.2) is 27.1 Å². The third-order valence-electron chi connectivity index (χ3n) is 2.41. The highest BCUT2D eigenvalue weighted by Crippen LogP contribution is 2.24. The summed E-state index contributed by atoms with van der Waals surface area (Å²) < 4.78 is 6.64. The van der Waals surface area contributed by atoms with E-state index in [1.165, 1.54) is 0 Å². The van der Waals surface area contributed by atoms with Crippen molar-refractivity contribution in [1.82, 2.24) is 15.5 Å². The smallest absolute Gasteiger partial charge is 0.248 e. The van der Waals surface area contributed by atoms with Gasteiger partial charge < -0.3 is 9.73 Å². The molecule has 0 spiro atoms. The fourth-order valence-corrected chi connectivity index (χ4v) is 2.01. The summed E-state index contributed by atoms with van der Waals surface area (Å²) in [6, 6.07) is 5.98. The Morgan fingerprint density at radius 2 is 2.18 bits per heavy atom. The lowest BCUT2D eigenvalue weighted by atomic mass is 10.1. The zero-order chi connectivity index (χ0) is 12.3. The van der Waals surface area contributed by atoms with Crippen LogP contribution in [0.5, 0.6) is 0 Å². The van der Waals surface area contributed by atoms with Gasteiger partial charge in [0.25, 0.3) is 0 Å². The van der Waals surface area contributed by atoms with Gasteiger partial charge in [0.2, 0.25) is 11.8 Å². The van der Waals surface area contributed by atoms with Crippen molar-refractivity contribution in [2.75, 3.05) is 6.54 Å². The van der Waals surface area contributed by atoms with Crippen molar-refractivity contribution in [1.29, 1.82) is 0 Å². The molecule has 1 aromatic heterocycles. The van der Waals surface area contributed by atoms with Crippen LogP contribution in [-0.4, -0.2) is 16.7 Å². The van der Waals surface area contributed by atoms with Crippen LogP contribution in [-0.2, 0) is 6.54 Å². The summed E-state index contributed by atoms with van der Waals surface area (Å²) in [5.74, 6) is 1.19. The second-order valence-corrected chi connectivity index (χ2v) is 4.66. The molecular weight excluding hydrogens is 282 g/mol. The molecule has 0 saturated carbocycles. The maximum absolute atomic E-state index is 5.59. The van der Waals surface area contributed by atoms with Crippen molar-refractivity contribution >= 4 is 15.9 Å². The first kappa shape index (κ1) is 12.3. The van der Waals surface area contributed by atoms with Gasteiger partial charge in [0.05, 0.1) is 6.54 Å². The zero-order valence-corrected chi connectivity index (χ0v) is 11.4. The Bertz CT molecular complexity index is 510. The van der Waals surface area contributed by atoms with Gasteiger partial charge in [-0.05, 0) is 37.2 Å². The van der Waals surface area contributed by atoms with E-state index in [2.05, 4.69) is 31.4 Å². The summed E-state index contributed by atoms with van der Waals surface area (Å²) in [6.07, 6.45) is 0. The van der Waals surface area contributed by atoms with Crippen LogP contribution in [0, 0.1) is 6.92 Å². The Morgan fingerprint density at radius 1 is 1.35 bits per heavy atom. The minimum atomic E-state index is 0.572. The summed E-state index contributed by atoms with van der Waals surface area (Å²) in [5, 5.41) is 11.2. The number of rotatable bonds is 4. The minimum Gasteiger partial charge on any atom is -0.419 e. The molecule has 0 atom stereocenters. The van der Waals surface area contributed by atoms with E-state index >= 15 is 0 Å². The van der Waals surface area contributed by atoms with Crippen LogP contribution >= 0.6 is 15.9 Å². The van der Waals surface area contributed by atoms with Crippen LogP contribution in [0.25, 0.3) is 11.5 Å². The average molecular weight is 296 g/mol. The van der Waals surface area contributed by atoms with Gasteiger partial charge in [0.15, 0.2) is 0 Å². The van der Waals surface area contributed by atoms with Gasteiger partial charge in [0.1, 0.15) is 0 Å². The third kappa shape index (κ3) is 2.92. The summed E-state index contributed by atoms with van der Waals surface area (Å²) in [7, 11) is 0. The Kier molecular flexibility index (Phi) is 3.91. The Morgan fingerprint density at radius 3 is 2.88 bits per heavy atom. The zero-order valence-electron chi connectivity index (χ0n) is 9.83. The predicted octanol–water partition coefficient (Wildman–Crippen LogP) is 2.92. The van der Waals surface area contributed by atoms with Crippen molar-refractivity contribution in [2.45, 2.75) is 20.4 Å². The second kappa shape index (κ2) is 5.42. The number of nitrogens with zero attached hydrogens (tertiary/aromatic N) is 2. The van der Waals surface area contributed by atoms with E-state index in [1.54, 1.807) is 0 Å². The van der Waals surface area contributed by atoms with Gasteiger partial charge >= 0.3 is 0 Å². The summed E-state index contributed by atoms with van der Waals surface area (Å²) in [6.45, 7) is 5.55. The van der Waals surface area contributed by atoms with E-state index in [4.69, 9.17) is 4.42 Å². The molecule has 1 heterocycles. The van der Waals surface area contributed by atoms with E-state index < -0.39 is 0 Å². The van der Waals surface area contributed by atoms with Crippen molar-refractivity contribution in [3.63, 3.8) is 0 Å². The Balaban J connectivity index is 2.24. The molecule has 0 aliphatic heterocycles. The lowest BCUT2D eigenvalue weighted by Gasteiger charge is -2.01. The fourth-order valence-electron chi connectivity index (χ4n) is 1.53. The molecule has 0 amide bonds. The Labute approximate surface area is 109 Å². The fraction of sp³-hybridized carbons (Fsp3) is 0.333. The van der Waals surface area contributed by atoms with Crippen LogP contribution in [0.3, 0.4) is 0 Å². The van der Waals surface area contributed by atoms with E-state index in [0.29, 0.717) is 18.3 Å². The molecular formula is C12H14BrN3O. The van der Waals surface area contributed by atoms with Crippen molar-refractivity contribution in [3.05, 3.63) is 34.1 Å². The van der Waals surface area contributed by atoms with Crippen molar-refractivity contribution < 1.29 is 4.42 Å². The third-order valence-corrected chi connectivity index (χ3v) is 2.91. The molecule has 1 N–H and O–H groups in total. The highest BCUT2D eigenvalue weighted by atomic mass is 79.9. The number of hydrogen-bond acceptors (Lipinski definition) is 4. The van der Waals surface area contributed by atoms with E-state index in [9.17, 15) is 0 Å². The molecule has 0 aliphatic rings. The largest absolute Gasteiger partial charge is 0.419 e. The molecule has 0 radical (unpaired) electrons. The maximum Gasteiger partial charge on any atom is 0.248 e. The molecule has 17 heavy (non-hydrogen) atoms. The molecule has 1 aromatic carbocycles. The lowest BCUT2D eigenvalue weighted by Crippen LogP contribution is -2.11. The van der Waals surface area contributed by atoms with E-state index in [1.807, 2.05) is 32.0 Å². The monoisotopic (exact) mass is 295 g/mol. The van der Waals surface area contributed by atoms with Crippen molar-refractivity contribution in [2.24, 2.45) is 0 Å². The van der Waals surface area contributed by atoms with Crippen LogP contribution < -0.4 is 5.32 Å². The number of benzene rings is 1. The van der Waals surface area contributed by atoms with Gasteiger partial charge in [-0.25, -0.2) is 0 Å². The van der Waals surface area contributed by atoms with Crippen LogP contribution in [0.2, 0.25) is 0 Å². The average Bonchev–Trinajstić information content (AvgIpc) is 2.75. The van der Waals surface area contributed by atoms with Gasteiger partial charge in [0, 0.05) is 10.0 Å². The molecule has 0 unspecified atom stereocenters. The number of nitrogens with one attached hydrogen (secondary N) is 1. The Hall–Kier alpha value is -1.20. The van der Waals surface area contributed by atoms with Gasteiger partial charge in [-0.2, -0.15) is 0 Å². The van der Waals surface area contributed by atoms with Gasteiger partial charge in [-0.15, -0.1) is 10.2 Å². The topological polar surface area (TPSA) is 51.0 Å². The quantitative estimate of drug-likeness (QED) is 0.942. The lowest BCUT2D eigenvalue weighted by molar-refractivity contribution is 0.482. The molecule has 0 bridgehead atoms. The number of aromatic nitrogens is 2. The molecule has 0 saturated heterocycles. The second-order valence-electron chi connectivity index (χ2n) is 3.74. The molecule has 90 valence electrons. The van der Waals surface area contributed by atoms with Gasteiger partial charge in [-0.1, -0.05) is 22.9 Å². The first-order valence-corrected chi connectivity index (χ1v) is 6.29. The molecule has 4 nitrogen and oxygen atoms in total. The molecule has 0 fully saturated rings. The molecule has 0 aliphatic carbocycles. The van der Waals surface area contributed by atoms with E-state index in [-0.39, 0.29) is 0 Å². The number of halogens is 1. The highest BCUT2D eigenvalue weighted by molar-refractivity contribution is 9.10. The first-order chi connectivity index (χ1) is 8.20. The number of aryl methyl sites for hydroxylation is 1. The van der Waals surface area contributed by atoms with Gasteiger partial charge in [-0.3, -0.25) is 0 Å². The molecule has 2 aromatic rings. The SMILES string of the molecule is CCNCc1nnc(-c2ccc(Br)cc2C)o1. The van der Waals surface area contributed by atoms with Crippen LogP contribution in [0.1, 0.15) is 18.4 Å².